The predicted molar refractivity (Wildman–Crippen MR) is 138 cm³/mol. The minimum Gasteiger partial charge on any atom is -0.466 e. The summed E-state index contributed by atoms with van der Waals surface area (Å²) in [5, 5.41) is 10.1. The van der Waals surface area contributed by atoms with Gasteiger partial charge in [-0.25, -0.2) is 9.59 Å². The van der Waals surface area contributed by atoms with Crippen LogP contribution < -0.4 is 15.4 Å². The molecule has 1 atom stereocenters. The second kappa shape index (κ2) is 11.2. The smallest absolute Gasteiger partial charge is 0.418 e. The van der Waals surface area contributed by atoms with Crippen molar-refractivity contribution < 1.29 is 37.0 Å². The van der Waals surface area contributed by atoms with E-state index in [-0.39, 0.29) is 11.3 Å². The number of rotatable bonds is 6. The number of benzene rings is 3. The SMILES string of the molecule is COC(=O)C1=C(C(=O)OC)N(c2ccc(Oc3ccccc3)cc2C(F)(F)F)C(N)=C(C#N)C1c1ccccc1. The molecule has 204 valence electrons. The van der Waals surface area contributed by atoms with Crippen LogP contribution >= 0.6 is 0 Å². The molecule has 11 heteroatoms. The summed E-state index contributed by atoms with van der Waals surface area (Å²) in [5.41, 5.74) is 3.54. The van der Waals surface area contributed by atoms with E-state index in [9.17, 15) is 28.0 Å². The topological polar surface area (TPSA) is 115 Å². The summed E-state index contributed by atoms with van der Waals surface area (Å²) in [5.74, 6) is -3.80. The molecule has 8 nitrogen and oxygen atoms in total. The zero-order valence-electron chi connectivity index (χ0n) is 21.2. The Balaban J connectivity index is 2.02. The van der Waals surface area contributed by atoms with Gasteiger partial charge in [0.2, 0.25) is 0 Å². The first-order valence-corrected chi connectivity index (χ1v) is 11.7. The number of hydrogen-bond donors (Lipinski definition) is 1. The molecule has 0 amide bonds. The molecular formula is C29H22F3N3O5. The molecular weight excluding hydrogens is 527 g/mol. The van der Waals surface area contributed by atoms with Crippen LogP contribution in [0.1, 0.15) is 17.0 Å². The highest BCUT2D eigenvalue weighted by Crippen LogP contribution is 2.47. The number of nitrogens with two attached hydrogens (primary N) is 1. The Hall–Kier alpha value is -5.24. The lowest BCUT2D eigenvalue weighted by molar-refractivity contribution is -0.140. The maximum Gasteiger partial charge on any atom is 0.418 e. The highest BCUT2D eigenvalue weighted by atomic mass is 19.4. The summed E-state index contributed by atoms with van der Waals surface area (Å²) < 4.78 is 58.8. The van der Waals surface area contributed by atoms with Crippen molar-refractivity contribution in [3.05, 3.63) is 113 Å². The fraction of sp³-hybridized carbons (Fsp3) is 0.138. The van der Waals surface area contributed by atoms with Crippen molar-refractivity contribution >= 4 is 17.6 Å². The molecule has 1 unspecified atom stereocenters. The lowest BCUT2D eigenvalue weighted by Crippen LogP contribution is -2.41. The van der Waals surface area contributed by atoms with Crippen LogP contribution in [0.2, 0.25) is 0 Å². The van der Waals surface area contributed by atoms with Crippen LogP contribution in [0.25, 0.3) is 0 Å². The first-order valence-electron chi connectivity index (χ1n) is 11.7. The van der Waals surface area contributed by atoms with Crippen LogP contribution in [0.15, 0.2) is 102 Å². The zero-order chi connectivity index (χ0) is 29.0. The molecule has 0 fully saturated rings. The van der Waals surface area contributed by atoms with E-state index in [1.165, 1.54) is 6.07 Å². The number of carbonyl (C=O) groups is 2. The van der Waals surface area contributed by atoms with E-state index >= 15 is 0 Å². The summed E-state index contributed by atoms with van der Waals surface area (Å²) in [6, 6.07) is 21.2. The van der Waals surface area contributed by atoms with E-state index in [1.807, 2.05) is 6.07 Å². The molecule has 3 aromatic carbocycles. The largest absolute Gasteiger partial charge is 0.466 e. The summed E-state index contributed by atoms with van der Waals surface area (Å²) in [6.45, 7) is 0. The molecule has 40 heavy (non-hydrogen) atoms. The Morgan fingerprint density at radius 1 is 0.900 bits per heavy atom. The fourth-order valence-electron chi connectivity index (χ4n) is 4.39. The predicted octanol–water partition coefficient (Wildman–Crippen LogP) is 5.40. The number of carbonyl (C=O) groups excluding carboxylic acids is 2. The molecule has 0 aromatic heterocycles. The Morgan fingerprint density at radius 3 is 2.05 bits per heavy atom. The molecule has 0 saturated heterocycles. The highest BCUT2D eigenvalue weighted by molar-refractivity contribution is 6.06. The normalized spacial score (nSPS) is 15.4. The van der Waals surface area contributed by atoms with Crippen molar-refractivity contribution in [2.45, 2.75) is 12.1 Å². The van der Waals surface area contributed by atoms with Gasteiger partial charge in [0, 0.05) is 0 Å². The average molecular weight is 550 g/mol. The molecule has 1 heterocycles. The van der Waals surface area contributed by atoms with Crippen molar-refractivity contribution in [1.82, 2.24) is 0 Å². The minimum atomic E-state index is -4.97. The lowest BCUT2D eigenvalue weighted by Gasteiger charge is -2.37. The summed E-state index contributed by atoms with van der Waals surface area (Å²) >= 11 is 0. The quantitative estimate of drug-likeness (QED) is 0.407. The number of para-hydroxylation sites is 1. The first-order chi connectivity index (χ1) is 19.1. The van der Waals surface area contributed by atoms with Gasteiger partial charge in [0.25, 0.3) is 0 Å². The number of alkyl halides is 3. The van der Waals surface area contributed by atoms with Crippen LogP contribution in [0.5, 0.6) is 11.5 Å². The van der Waals surface area contributed by atoms with Crippen LogP contribution in [-0.4, -0.2) is 26.2 Å². The molecule has 0 spiro atoms. The number of allylic oxidation sites excluding steroid dienone is 1. The Morgan fingerprint density at radius 2 is 1.50 bits per heavy atom. The Bertz CT molecular complexity index is 1540. The van der Waals surface area contributed by atoms with Crippen molar-refractivity contribution in [1.29, 1.82) is 5.26 Å². The van der Waals surface area contributed by atoms with Crippen LogP contribution in [0.4, 0.5) is 18.9 Å². The van der Waals surface area contributed by atoms with Crippen molar-refractivity contribution in [2.24, 2.45) is 5.73 Å². The second-order valence-corrected chi connectivity index (χ2v) is 8.43. The third-order valence-electron chi connectivity index (χ3n) is 6.10. The van der Waals surface area contributed by atoms with Gasteiger partial charge < -0.3 is 19.9 Å². The molecule has 0 saturated carbocycles. The van der Waals surface area contributed by atoms with Gasteiger partial charge in [-0.15, -0.1) is 0 Å². The number of nitrogens with zero attached hydrogens (tertiary/aromatic N) is 2. The molecule has 1 aliphatic rings. The van der Waals surface area contributed by atoms with Gasteiger partial charge in [0.05, 0.1) is 48.6 Å². The van der Waals surface area contributed by atoms with E-state index in [2.05, 4.69) is 0 Å². The van der Waals surface area contributed by atoms with Crippen LogP contribution in [0, 0.1) is 11.3 Å². The number of hydrogen-bond acceptors (Lipinski definition) is 8. The number of ether oxygens (including phenoxy) is 3. The van der Waals surface area contributed by atoms with Crippen molar-refractivity contribution in [3.8, 4) is 17.6 Å². The van der Waals surface area contributed by atoms with Crippen molar-refractivity contribution in [3.63, 3.8) is 0 Å². The Kier molecular flexibility index (Phi) is 7.81. The van der Waals surface area contributed by atoms with E-state index in [0.29, 0.717) is 16.2 Å². The summed E-state index contributed by atoms with van der Waals surface area (Å²) in [4.78, 5) is 27.0. The number of halogens is 3. The minimum absolute atomic E-state index is 0.152. The number of methoxy groups -OCH3 is 2. The molecule has 3 aromatic rings. The zero-order valence-corrected chi connectivity index (χ0v) is 21.2. The van der Waals surface area contributed by atoms with E-state index < -0.39 is 52.4 Å². The summed E-state index contributed by atoms with van der Waals surface area (Å²) in [7, 11) is 2.04. The monoisotopic (exact) mass is 549 g/mol. The van der Waals surface area contributed by atoms with Gasteiger partial charge in [0.1, 0.15) is 23.0 Å². The molecule has 1 aliphatic heterocycles. The number of nitriles is 1. The maximum atomic E-state index is 14.5. The summed E-state index contributed by atoms with van der Waals surface area (Å²) in [6.07, 6.45) is -4.97. The van der Waals surface area contributed by atoms with Gasteiger partial charge in [-0.1, -0.05) is 48.5 Å². The molecule has 2 N–H and O–H groups in total. The molecule has 4 rings (SSSR count). The van der Waals surface area contributed by atoms with Crippen LogP contribution in [-0.2, 0) is 25.2 Å². The molecule has 0 radical (unpaired) electrons. The standard InChI is InChI=1S/C29H22F3N3O5/c1-38-27(36)24-23(17-9-5-3-6-10-17)20(16-33)26(34)35(25(24)28(37)39-2)22-14-13-19(15-21(22)29(30,31)32)40-18-11-7-4-8-12-18/h3-15,23H,34H2,1-2H3. The van der Waals surface area contributed by atoms with E-state index in [1.54, 1.807) is 60.7 Å². The number of anilines is 1. The second-order valence-electron chi connectivity index (χ2n) is 8.43. The molecule has 0 bridgehead atoms. The van der Waals surface area contributed by atoms with Gasteiger partial charge in [-0.2, -0.15) is 18.4 Å². The maximum absolute atomic E-state index is 14.5. The fourth-order valence-corrected chi connectivity index (χ4v) is 4.39. The van der Waals surface area contributed by atoms with E-state index in [0.717, 1.165) is 26.4 Å². The van der Waals surface area contributed by atoms with Gasteiger partial charge in [-0.3, -0.25) is 4.90 Å². The van der Waals surface area contributed by atoms with Gasteiger partial charge in [-0.05, 0) is 35.9 Å². The van der Waals surface area contributed by atoms with Gasteiger partial charge in [0.15, 0.2) is 0 Å². The van der Waals surface area contributed by atoms with Crippen molar-refractivity contribution in [2.75, 3.05) is 19.1 Å². The number of esters is 2. The highest BCUT2D eigenvalue weighted by Gasteiger charge is 2.45. The third kappa shape index (κ3) is 5.19. The Labute approximate surface area is 227 Å². The lowest BCUT2D eigenvalue weighted by atomic mass is 9.80. The molecule has 0 aliphatic carbocycles. The van der Waals surface area contributed by atoms with Crippen LogP contribution in [0.3, 0.4) is 0 Å². The van der Waals surface area contributed by atoms with E-state index in [4.69, 9.17) is 19.9 Å². The third-order valence-corrected chi connectivity index (χ3v) is 6.10. The first kappa shape index (κ1) is 27.8. The average Bonchev–Trinajstić information content (AvgIpc) is 2.96. The van der Waals surface area contributed by atoms with Gasteiger partial charge >= 0.3 is 18.1 Å².